The quantitative estimate of drug-likeness (QED) is 0.802. The Hall–Kier alpha value is -1.22. The van der Waals surface area contributed by atoms with Crippen molar-refractivity contribution < 1.29 is 5.11 Å². The Morgan fingerprint density at radius 2 is 2.25 bits per heavy atom. The third-order valence-corrected chi connectivity index (χ3v) is 3.05. The lowest BCUT2D eigenvalue weighted by Gasteiger charge is -2.38. The summed E-state index contributed by atoms with van der Waals surface area (Å²) in [6.07, 6.45) is 0. The average molecular weight is 220 g/mol. The molecule has 0 bridgehead atoms. The number of rotatable bonds is 2. The second-order valence-corrected chi connectivity index (χ2v) is 4.80. The lowest BCUT2D eigenvalue weighted by atomic mass is 10.1. The molecular weight excluding hydrogens is 200 g/mol. The van der Waals surface area contributed by atoms with Crippen molar-refractivity contribution in [3.8, 4) is 0 Å². The summed E-state index contributed by atoms with van der Waals surface area (Å²) in [7, 11) is 0. The van der Waals surface area contributed by atoms with Crippen molar-refractivity contribution in [2.45, 2.75) is 39.5 Å². The van der Waals surface area contributed by atoms with E-state index in [0.717, 1.165) is 12.1 Å². The Kier molecular flexibility index (Phi) is 3.06. The van der Waals surface area contributed by atoms with Gasteiger partial charge >= 0.3 is 0 Å². The van der Waals surface area contributed by atoms with Crippen LogP contribution in [0.1, 0.15) is 26.3 Å². The van der Waals surface area contributed by atoms with Gasteiger partial charge in [-0.25, -0.2) is 0 Å². The third-order valence-electron chi connectivity index (χ3n) is 3.05. The van der Waals surface area contributed by atoms with Gasteiger partial charge in [0.25, 0.3) is 0 Å². The number of anilines is 2. The van der Waals surface area contributed by atoms with Crippen LogP contribution in [0.25, 0.3) is 0 Å². The highest BCUT2D eigenvalue weighted by atomic mass is 16.3. The van der Waals surface area contributed by atoms with Crippen molar-refractivity contribution in [2.24, 2.45) is 0 Å². The second-order valence-electron chi connectivity index (χ2n) is 4.80. The van der Waals surface area contributed by atoms with E-state index in [0.29, 0.717) is 12.1 Å². The van der Waals surface area contributed by atoms with Crippen molar-refractivity contribution in [2.75, 3.05) is 16.8 Å². The number of fused-ring (bicyclic) bond motifs is 1. The number of aliphatic hydroxyl groups is 1. The Morgan fingerprint density at radius 1 is 1.50 bits per heavy atom. The van der Waals surface area contributed by atoms with Crippen molar-refractivity contribution in [3.63, 3.8) is 0 Å². The summed E-state index contributed by atoms with van der Waals surface area (Å²) in [6, 6.07) is 7.06. The van der Waals surface area contributed by atoms with E-state index in [1.54, 1.807) is 0 Å². The lowest BCUT2D eigenvalue weighted by Crippen LogP contribution is -2.43. The van der Waals surface area contributed by atoms with Crippen LogP contribution in [0.4, 0.5) is 11.4 Å². The number of nitrogens with zero attached hydrogens (tertiary/aromatic N) is 1. The SMILES string of the molecule is CC1CN(C(C)C)c2cc(CO)ccc2N1. The summed E-state index contributed by atoms with van der Waals surface area (Å²) >= 11 is 0. The predicted octanol–water partition coefficient (Wildman–Crippen LogP) is 2.21. The van der Waals surface area contributed by atoms with Gasteiger partial charge in [0.15, 0.2) is 0 Å². The van der Waals surface area contributed by atoms with Gasteiger partial charge in [-0.2, -0.15) is 0 Å². The van der Waals surface area contributed by atoms with E-state index in [2.05, 4.69) is 43.1 Å². The molecule has 0 saturated carbocycles. The van der Waals surface area contributed by atoms with Crippen LogP contribution >= 0.6 is 0 Å². The highest BCUT2D eigenvalue weighted by Crippen LogP contribution is 2.33. The molecule has 1 aliphatic heterocycles. The average Bonchev–Trinajstić information content (AvgIpc) is 2.27. The Bertz CT molecular complexity index is 376. The zero-order valence-corrected chi connectivity index (χ0v) is 10.2. The van der Waals surface area contributed by atoms with Gasteiger partial charge < -0.3 is 15.3 Å². The van der Waals surface area contributed by atoms with Crippen molar-refractivity contribution in [3.05, 3.63) is 23.8 Å². The summed E-state index contributed by atoms with van der Waals surface area (Å²) in [6.45, 7) is 7.72. The number of hydrogen-bond donors (Lipinski definition) is 2. The molecule has 2 N–H and O–H groups in total. The summed E-state index contributed by atoms with van der Waals surface area (Å²) in [5.74, 6) is 0. The van der Waals surface area contributed by atoms with Gasteiger partial charge in [-0.05, 0) is 38.5 Å². The Labute approximate surface area is 97.1 Å². The number of benzene rings is 1. The van der Waals surface area contributed by atoms with E-state index in [4.69, 9.17) is 0 Å². The van der Waals surface area contributed by atoms with E-state index < -0.39 is 0 Å². The maximum Gasteiger partial charge on any atom is 0.0682 e. The highest BCUT2D eigenvalue weighted by Gasteiger charge is 2.22. The molecule has 0 fully saturated rings. The monoisotopic (exact) mass is 220 g/mol. The molecule has 0 aliphatic carbocycles. The van der Waals surface area contributed by atoms with Gasteiger partial charge in [-0.15, -0.1) is 0 Å². The molecule has 1 heterocycles. The fourth-order valence-electron chi connectivity index (χ4n) is 2.23. The minimum Gasteiger partial charge on any atom is -0.392 e. The first-order valence-electron chi connectivity index (χ1n) is 5.88. The van der Waals surface area contributed by atoms with Crippen LogP contribution in [-0.4, -0.2) is 23.7 Å². The van der Waals surface area contributed by atoms with Crippen LogP contribution in [-0.2, 0) is 6.61 Å². The highest BCUT2D eigenvalue weighted by molar-refractivity contribution is 5.73. The van der Waals surface area contributed by atoms with Crippen LogP contribution in [0, 0.1) is 0 Å². The van der Waals surface area contributed by atoms with Crippen molar-refractivity contribution in [1.82, 2.24) is 0 Å². The van der Waals surface area contributed by atoms with Crippen LogP contribution < -0.4 is 10.2 Å². The molecule has 16 heavy (non-hydrogen) atoms. The topological polar surface area (TPSA) is 35.5 Å². The second kappa shape index (κ2) is 4.34. The molecule has 0 spiro atoms. The Morgan fingerprint density at radius 3 is 2.88 bits per heavy atom. The molecule has 0 amide bonds. The smallest absolute Gasteiger partial charge is 0.0682 e. The van der Waals surface area contributed by atoms with Gasteiger partial charge in [0, 0.05) is 18.6 Å². The molecule has 88 valence electrons. The molecule has 1 atom stereocenters. The first-order chi connectivity index (χ1) is 7.61. The predicted molar refractivity (Wildman–Crippen MR) is 67.9 cm³/mol. The van der Waals surface area contributed by atoms with Crippen molar-refractivity contribution >= 4 is 11.4 Å². The summed E-state index contributed by atoms with van der Waals surface area (Å²) < 4.78 is 0. The van der Waals surface area contributed by atoms with Gasteiger partial charge in [-0.1, -0.05) is 6.07 Å². The van der Waals surface area contributed by atoms with Crippen LogP contribution in [0.2, 0.25) is 0 Å². The molecule has 3 nitrogen and oxygen atoms in total. The zero-order valence-electron chi connectivity index (χ0n) is 10.2. The number of nitrogens with one attached hydrogen (secondary N) is 1. The van der Waals surface area contributed by atoms with Gasteiger partial charge in [0.1, 0.15) is 0 Å². The van der Waals surface area contributed by atoms with Crippen LogP contribution in [0.15, 0.2) is 18.2 Å². The Balaban J connectivity index is 2.41. The number of aliphatic hydroxyl groups excluding tert-OH is 1. The molecular formula is C13H20N2O. The van der Waals surface area contributed by atoms with E-state index >= 15 is 0 Å². The fraction of sp³-hybridized carbons (Fsp3) is 0.538. The molecule has 2 rings (SSSR count). The molecule has 0 radical (unpaired) electrons. The van der Waals surface area contributed by atoms with Gasteiger partial charge in [-0.3, -0.25) is 0 Å². The fourth-order valence-corrected chi connectivity index (χ4v) is 2.23. The molecule has 1 aromatic carbocycles. The van der Waals surface area contributed by atoms with E-state index in [1.165, 1.54) is 11.4 Å². The largest absolute Gasteiger partial charge is 0.392 e. The number of hydrogen-bond acceptors (Lipinski definition) is 3. The zero-order chi connectivity index (χ0) is 11.7. The third kappa shape index (κ3) is 2.00. The molecule has 0 saturated heterocycles. The summed E-state index contributed by atoms with van der Waals surface area (Å²) in [5, 5.41) is 12.6. The van der Waals surface area contributed by atoms with Crippen LogP contribution in [0.5, 0.6) is 0 Å². The first-order valence-corrected chi connectivity index (χ1v) is 5.88. The van der Waals surface area contributed by atoms with Crippen molar-refractivity contribution in [1.29, 1.82) is 0 Å². The molecule has 3 heteroatoms. The van der Waals surface area contributed by atoms with E-state index in [1.807, 2.05) is 6.07 Å². The molecule has 0 aromatic heterocycles. The van der Waals surface area contributed by atoms with Gasteiger partial charge in [0.2, 0.25) is 0 Å². The maximum absolute atomic E-state index is 9.18. The standard InChI is InChI=1S/C13H20N2O/c1-9(2)15-7-10(3)14-12-5-4-11(8-16)6-13(12)15/h4-6,9-10,14,16H,7-8H2,1-3H3. The van der Waals surface area contributed by atoms with E-state index in [9.17, 15) is 5.11 Å². The lowest BCUT2D eigenvalue weighted by molar-refractivity contribution is 0.282. The maximum atomic E-state index is 9.18. The van der Waals surface area contributed by atoms with E-state index in [-0.39, 0.29) is 6.61 Å². The molecule has 1 unspecified atom stereocenters. The molecule has 1 aromatic rings. The van der Waals surface area contributed by atoms with Crippen LogP contribution in [0.3, 0.4) is 0 Å². The summed E-state index contributed by atoms with van der Waals surface area (Å²) in [5.41, 5.74) is 3.35. The first kappa shape index (κ1) is 11.3. The van der Waals surface area contributed by atoms with Gasteiger partial charge in [0.05, 0.1) is 18.0 Å². The normalized spacial score (nSPS) is 19.6. The minimum atomic E-state index is 0.106. The molecule has 1 aliphatic rings. The minimum absolute atomic E-state index is 0.106. The summed E-state index contributed by atoms with van der Waals surface area (Å²) in [4.78, 5) is 2.38.